The predicted octanol–water partition coefficient (Wildman–Crippen LogP) is 2.28. The predicted molar refractivity (Wildman–Crippen MR) is 140 cm³/mol. The van der Waals surface area contributed by atoms with Gasteiger partial charge in [0, 0.05) is 13.1 Å². The van der Waals surface area contributed by atoms with Crippen molar-refractivity contribution in [2.24, 2.45) is 5.92 Å². The number of imidazole rings is 1. The summed E-state index contributed by atoms with van der Waals surface area (Å²) in [5, 5.41) is 17.8. The Labute approximate surface area is 221 Å². The second-order valence-electron chi connectivity index (χ2n) is 9.00. The van der Waals surface area contributed by atoms with Crippen molar-refractivity contribution in [1.29, 1.82) is 0 Å². The maximum absolute atomic E-state index is 12.4. The zero-order chi connectivity index (χ0) is 27.5. The van der Waals surface area contributed by atoms with Crippen LogP contribution in [-0.4, -0.2) is 82.9 Å². The zero-order valence-corrected chi connectivity index (χ0v) is 21.6. The topological polar surface area (TPSA) is 143 Å². The number of likely N-dealkylation sites (tertiary alicyclic amines) is 1. The lowest BCUT2D eigenvalue weighted by molar-refractivity contribution is -0.159. The molecular formula is C27H34N4O7. The lowest BCUT2D eigenvalue weighted by Crippen LogP contribution is -2.42. The minimum absolute atomic E-state index is 0.0875. The van der Waals surface area contributed by atoms with E-state index in [9.17, 15) is 4.79 Å². The van der Waals surface area contributed by atoms with E-state index in [0.717, 1.165) is 50.0 Å². The number of methoxy groups -OCH3 is 2. The van der Waals surface area contributed by atoms with Crippen LogP contribution in [-0.2, 0) is 27.3 Å². The van der Waals surface area contributed by atoms with Crippen LogP contribution >= 0.6 is 0 Å². The summed E-state index contributed by atoms with van der Waals surface area (Å²) in [5.74, 6) is -1.51. The van der Waals surface area contributed by atoms with Crippen LogP contribution in [0, 0.1) is 5.92 Å². The summed E-state index contributed by atoms with van der Waals surface area (Å²) in [6.07, 6.45) is 4.91. The van der Waals surface area contributed by atoms with Crippen LogP contribution in [0.3, 0.4) is 0 Å². The SMILES string of the molecule is COc1ccc(CCNC(=O)CN2CCC(Cn3cnc4ccccc43)CC2)cc1OC.O=C(O)C(=O)O. The van der Waals surface area contributed by atoms with Crippen LogP contribution in [0.15, 0.2) is 48.8 Å². The Kier molecular flexibility index (Phi) is 10.5. The maximum atomic E-state index is 12.4. The number of nitrogens with one attached hydrogen (secondary N) is 1. The van der Waals surface area contributed by atoms with E-state index < -0.39 is 11.9 Å². The molecule has 204 valence electrons. The number of aromatic nitrogens is 2. The van der Waals surface area contributed by atoms with Gasteiger partial charge in [0.2, 0.25) is 5.91 Å². The van der Waals surface area contributed by atoms with E-state index in [2.05, 4.69) is 38.0 Å². The monoisotopic (exact) mass is 526 g/mol. The van der Waals surface area contributed by atoms with Crippen LogP contribution in [0.2, 0.25) is 0 Å². The first kappa shape index (κ1) is 28.5. The van der Waals surface area contributed by atoms with Crippen LogP contribution in [0.25, 0.3) is 11.0 Å². The van der Waals surface area contributed by atoms with Gasteiger partial charge in [0.05, 0.1) is 38.1 Å². The van der Waals surface area contributed by atoms with E-state index >= 15 is 0 Å². The number of hydrogen-bond acceptors (Lipinski definition) is 7. The lowest BCUT2D eigenvalue weighted by Gasteiger charge is -2.31. The minimum atomic E-state index is -1.82. The van der Waals surface area contributed by atoms with Crippen molar-refractivity contribution in [2.75, 3.05) is 40.4 Å². The Bertz CT molecular complexity index is 1220. The lowest BCUT2D eigenvalue weighted by atomic mass is 9.96. The number of piperidine rings is 1. The number of hydrogen-bond donors (Lipinski definition) is 3. The molecule has 0 bridgehead atoms. The fourth-order valence-electron chi connectivity index (χ4n) is 4.40. The summed E-state index contributed by atoms with van der Waals surface area (Å²) < 4.78 is 12.9. The largest absolute Gasteiger partial charge is 0.493 e. The molecule has 1 aliphatic rings. The molecule has 0 aliphatic carbocycles. The van der Waals surface area contributed by atoms with E-state index in [1.807, 2.05) is 30.6 Å². The van der Waals surface area contributed by atoms with Crippen LogP contribution in [0.1, 0.15) is 18.4 Å². The van der Waals surface area contributed by atoms with Crippen LogP contribution < -0.4 is 14.8 Å². The van der Waals surface area contributed by atoms with Crippen molar-refractivity contribution >= 4 is 28.9 Å². The molecule has 11 nitrogen and oxygen atoms in total. The van der Waals surface area contributed by atoms with Gasteiger partial charge in [0.1, 0.15) is 0 Å². The highest BCUT2D eigenvalue weighted by Crippen LogP contribution is 2.27. The number of fused-ring (bicyclic) bond motifs is 1. The number of nitrogens with zero attached hydrogens (tertiary/aromatic N) is 3. The quantitative estimate of drug-likeness (QED) is 0.358. The number of amides is 1. The Morgan fingerprint density at radius 3 is 2.34 bits per heavy atom. The van der Waals surface area contributed by atoms with Crippen molar-refractivity contribution in [3.63, 3.8) is 0 Å². The number of ether oxygens (including phenoxy) is 2. The number of rotatable bonds is 9. The second-order valence-corrected chi connectivity index (χ2v) is 9.00. The molecule has 11 heteroatoms. The molecule has 0 atom stereocenters. The molecule has 2 heterocycles. The second kappa shape index (κ2) is 14.0. The molecule has 0 saturated carbocycles. The summed E-state index contributed by atoms with van der Waals surface area (Å²) in [5.41, 5.74) is 3.36. The molecular weight excluding hydrogens is 492 g/mol. The highest BCUT2D eigenvalue weighted by atomic mass is 16.5. The first-order valence-electron chi connectivity index (χ1n) is 12.4. The molecule has 3 aromatic rings. The number of carboxylic acid groups (broad SMARTS) is 2. The van der Waals surface area contributed by atoms with Crippen molar-refractivity contribution in [3.8, 4) is 11.5 Å². The number of carboxylic acids is 2. The van der Waals surface area contributed by atoms with Crippen molar-refractivity contribution in [3.05, 3.63) is 54.4 Å². The first-order chi connectivity index (χ1) is 18.3. The summed E-state index contributed by atoms with van der Waals surface area (Å²) in [4.78, 5) is 37.4. The van der Waals surface area contributed by atoms with E-state index in [-0.39, 0.29) is 5.91 Å². The summed E-state index contributed by atoms with van der Waals surface area (Å²) >= 11 is 0. The Morgan fingerprint density at radius 2 is 1.68 bits per heavy atom. The van der Waals surface area contributed by atoms with E-state index in [1.165, 1.54) is 5.52 Å². The molecule has 1 saturated heterocycles. The van der Waals surface area contributed by atoms with E-state index in [1.54, 1.807) is 14.2 Å². The van der Waals surface area contributed by atoms with Gasteiger partial charge in [-0.05, 0) is 68.1 Å². The van der Waals surface area contributed by atoms with E-state index in [0.29, 0.717) is 30.5 Å². The van der Waals surface area contributed by atoms with E-state index in [4.69, 9.17) is 29.3 Å². The van der Waals surface area contributed by atoms with Gasteiger partial charge < -0.3 is 29.6 Å². The van der Waals surface area contributed by atoms with Crippen molar-refractivity contribution in [2.45, 2.75) is 25.8 Å². The molecule has 4 rings (SSSR count). The third-order valence-electron chi connectivity index (χ3n) is 6.42. The number of aliphatic carboxylic acids is 2. The Balaban J connectivity index is 0.000000599. The van der Waals surface area contributed by atoms with Crippen molar-refractivity contribution < 1.29 is 34.1 Å². The maximum Gasteiger partial charge on any atom is 0.414 e. The van der Waals surface area contributed by atoms with Gasteiger partial charge in [-0.25, -0.2) is 14.6 Å². The summed E-state index contributed by atoms with van der Waals surface area (Å²) in [6.45, 7) is 3.98. The first-order valence-corrected chi connectivity index (χ1v) is 12.4. The Hall–Kier alpha value is -4.12. The standard InChI is InChI=1S/C25H32N4O3.C2H2O4/c1-31-23-8-7-19(15-24(23)32-2)9-12-26-25(30)17-28-13-10-20(11-14-28)16-29-18-27-21-5-3-4-6-22(21)29;3-1(4)2(5)6/h3-8,15,18,20H,9-14,16-17H2,1-2H3,(H,26,30);(H,3,4)(H,5,6). The third-order valence-corrected chi connectivity index (χ3v) is 6.42. The van der Waals surface area contributed by atoms with Crippen LogP contribution in [0.5, 0.6) is 11.5 Å². The average molecular weight is 527 g/mol. The average Bonchev–Trinajstić information content (AvgIpc) is 3.32. The van der Waals surface area contributed by atoms with Gasteiger partial charge in [-0.2, -0.15) is 0 Å². The highest BCUT2D eigenvalue weighted by molar-refractivity contribution is 6.27. The molecule has 38 heavy (non-hydrogen) atoms. The van der Waals surface area contributed by atoms with Gasteiger partial charge in [-0.3, -0.25) is 9.69 Å². The fourth-order valence-corrected chi connectivity index (χ4v) is 4.40. The van der Waals surface area contributed by atoms with Crippen LogP contribution in [0.4, 0.5) is 0 Å². The normalized spacial score (nSPS) is 13.8. The fraction of sp³-hybridized carbons (Fsp3) is 0.407. The van der Waals surface area contributed by atoms with Gasteiger partial charge >= 0.3 is 11.9 Å². The number of carbonyl (C=O) groups excluding carboxylic acids is 1. The zero-order valence-electron chi connectivity index (χ0n) is 21.6. The number of para-hydroxylation sites is 2. The number of carbonyl (C=O) groups is 3. The molecule has 1 aromatic heterocycles. The van der Waals surface area contributed by atoms with Gasteiger partial charge in [0.15, 0.2) is 11.5 Å². The number of benzene rings is 2. The third kappa shape index (κ3) is 8.20. The molecule has 0 unspecified atom stereocenters. The summed E-state index contributed by atoms with van der Waals surface area (Å²) in [7, 11) is 3.25. The summed E-state index contributed by atoms with van der Waals surface area (Å²) in [6, 6.07) is 14.1. The minimum Gasteiger partial charge on any atom is -0.493 e. The molecule has 2 aromatic carbocycles. The molecule has 1 aliphatic heterocycles. The smallest absolute Gasteiger partial charge is 0.414 e. The van der Waals surface area contributed by atoms with Gasteiger partial charge in [-0.15, -0.1) is 0 Å². The molecule has 0 spiro atoms. The molecule has 1 fully saturated rings. The van der Waals surface area contributed by atoms with Gasteiger partial charge in [0.25, 0.3) is 0 Å². The molecule has 3 N–H and O–H groups in total. The molecule has 0 radical (unpaired) electrons. The Morgan fingerprint density at radius 1 is 1.00 bits per heavy atom. The van der Waals surface area contributed by atoms with Crippen molar-refractivity contribution in [1.82, 2.24) is 19.8 Å². The van der Waals surface area contributed by atoms with Gasteiger partial charge in [-0.1, -0.05) is 18.2 Å². The highest BCUT2D eigenvalue weighted by Gasteiger charge is 2.21. The molecule has 1 amide bonds.